The molecule has 3 rings (SSSR count). The number of hydrogen-bond donors (Lipinski definition) is 1. The zero-order chi connectivity index (χ0) is 18.9. The molecular formula is C19H19ClN2O2S2. The van der Waals surface area contributed by atoms with Crippen molar-refractivity contribution in [2.75, 3.05) is 4.72 Å². The molecule has 1 aromatic heterocycles. The Hall–Kier alpha value is -1.89. The molecule has 0 aliphatic heterocycles. The van der Waals surface area contributed by atoms with Crippen LogP contribution >= 0.6 is 22.9 Å². The van der Waals surface area contributed by atoms with Gasteiger partial charge in [0.1, 0.15) is 0 Å². The topological polar surface area (TPSA) is 59.1 Å². The Morgan fingerprint density at radius 1 is 1.04 bits per heavy atom. The molecule has 136 valence electrons. The molecule has 0 saturated carbocycles. The SMILES string of the molecule is CC(C)(C)c1ccc(S(=O)(=O)Nc2nc(-c3ccccc3Cl)cs2)cc1. The second-order valence-corrected chi connectivity index (χ2v) is 9.85. The van der Waals surface area contributed by atoms with Gasteiger partial charge in [-0.15, -0.1) is 11.3 Å². The molecule has 0 fully saturated rings. The molecule has 0 aliphatic carbocycles. The highest BCUT2D eigenvalue weighted by atomic mass is 35.5. The lowest BCUT2D eigenvalue weighted by Crippen LogP contribution is -2.14. The van der Waals surface area contributed by atoms with Gasteiger partial charge in [0, 0.05) is 16.0 Å². The number of nitrogens with zero attached hydrogens (tertiary/aromatic N) is 1. The van der Waals surface area contributed by atoms with Gasteiger partial charge in [0.25, 0.3) is 10.0 Å². The third-order valence-electron chi connectivity index (χ3n) is 3.91. The normalized spacial score (nSPS) is 12.2. The van der Waals surface area contributed by atoms with Crippen molar-refractivity contribution in [3.05, 3.63) is 64.5 Å². The van der Waals surface area contributed by atoms with Gasteiger partial charge in [-0.2, -0.15) is 0 Å². The van der Waals surface area contributed by atoms with Crippen molar-refractivity contribution in [1.29, 1.82) is 0 Å². The minimum absolute atomic E-state index is 0.0329. The van der Waals surface area contributed by atoms with E-state index >= 15 is 0 Å². The van der Waals surface area contributed by atoms with Crippen LogP contribution < -0.4 is 4.72 Å². The van der Waals surface area contributed by atoms with Gasteiger partial charge in [-0.1, -0.05) is 62.7 Å². The number of aromatic nitrogens is 1. The van der Waals surface area contributed by atoms with Crippen molar-refractivity contribution in [2.24, 2.45) is 0 Å². The van der Waals surface area contributed by atoms with Crippen molar-refractivity contribution in [1.82, 2.24) is 4.98 Å². The average Bonchev–Trinajstić information content (AvgIpc) is 3.02. The van der Waals surface area contributed by atoms with Gasteiger partial charge < -0.3 is 0 Å². The van der Waals surface area contributed by atoms with E-state index in [1.165, 1.54) is 11.3 Å². The largest absolute Gasteiger partial charge is 0.263 e. The Labute approximate surface area is 162 Å². The zero-order valence-electron chi connectivity index (χ0n) is 14.7. The van der Waals surface area contributed by atoms with Crippen molar-refractivity contribution in [2.45, 2.75) is 31.1 Å². The summed E-state index contributed by atoms with van der Waals surface area (Å²) in [6.07, 6.45) is 0. The van der Waals surface area contributed by atoms with Crippen molar-refractivity contribution >= 4 is 38.1 Å². The van der Waals surface area contributed by atoms with Crippen LogP contribution in [0, 0.1) is 0 Å². The summed E-state index contributed by atoms with van der Waals surface area (Å²) in [6, 6.07) is 14.2. The molecular weight excluding hydrogens is 388 g/mol. The molecule has 0 spiro atoms. The zero-order valence-corrected chi connectivity index (χ0v) is 17.0. The number of nitrogens with one attached hydrogen (secondary N) is 1. The first-order chi connectivity index (χ1) is 12.2. The van der Waals surface area contributed by atoms with E-state index in [2.05, 4.69) is 30.5 Å². The van der Waals surface area contributed by atoms with Gasteiger partial charge in [0.15, 0.2) is 5.13 Å². The van der Waals surface area contributed by atoms with Crippen molar-refractivity contribution < 1.29 is 8.42 Å². The lowest BCUT2D eigenvalue weighted by Gasteiger charge is -2.19. The summed E-state index contributed by atoms with van der Waals surface area (Å²) < 4.78 is 27.7. The fourth-order valence-electron chi connectivity index (χ4n) is 2.42. The number of thiazole rings is 1. The number of hydrogen-bond acceptors (Lipinski definition) is 4. The fraction of sp³-hybridized carbons (Fsp3) is 0.211. The summed E-state index contributed by atoms with van der Waals surface area (Å²) in [7, 11) is -3.69. The molecule has 0 radical (unpaired) electrons. The van der Waals surface area contributed by atoms with E-state index in [4.69, 9.17) is 11.6 Å². The van der Waals surface area contributed by atoms with Crippen LogP contribution in [0.3, 0.4) is 0 Å². The minimum atomic E-state index is -3.69. The molecule has 7 heteroatoms. The molecule has 1 heterocycles. The summed E-state index contributed by atoms with van der Waals surface area (Å²) in [4.78, 5) is 4.56. The van der Waals surface area contributed by atoms with Crippen molar-refractivity contribution in [3.8, 4) is 11.3 Å². The summed E-state index contributed by atoms with van der Waals surface area (Å²) in [5.74, 6) is 0. The van der Waals surface area contributed by atoms with E-state index in [-0.39, 0.29) is 10.3 Å². The van der Waals surface area contributed by atoms with Crippen LogP contribution in [0.1, 0.15) is 26.3 Å². The maximum atomic E-state index is 12.6. The Bertz CT molecular complexity index is 1020. The predicted octanol–water partition coefficient (Wildman–Crippen LogP) is 5.56. The van der Waals surface area contributed by atoms with Crippen LogP contribution in [-0.4, -0.2) is 13.4 Å². The third-order valence-corrected chi connectivity index (χ3v) is 6.48. The number of halogens is 1. The minimum Gasteiger partial charge on any atom is -0.255 e. The lowest BCUT2D eigenvalue weighted by molar-refractivity contribution is 0.587. The summed E-state index contributed by atoms with van der Waals surface area (Å²) in [6.45, 7) is 6.25. The monoisotopic (exact) mass is 406 g/mol. The number of sulfonamides is 1. The molecule has 0 saturated heterocycles. The van der Waals surface area contributed by atoms with Crippen molar-refractivity contribution in [3.63, 3.8) is 0 Å². The van der Waals surface area contributed by atoms with Gasteiger partial charge in [-0.25, -0.2) is 13.4 Å². The number of benzene rings is 2. The molecule has 0 amide bonds. The van der Waals surface area contributed by atoms with Crippen LogP contribution in [0.15, 0.2) is 58.8 Å². The standard InChI is InChI=1S/C19H19ClN2O2S2/c1-19(2,3)13-8-10-14(11-9-13)26(23,24)22-18-21-17(12-25-18)15-6-4-5-7-16(15)20/h4-12H,1-3H3,(H,21,22). The van der Waals surface area contributed by atoms with Crippen LogP contribution in [-0.2, 0) is 15.4 Å². The van der Waals surface area contributed by atoms with Crippen LogP contribution in [0.5, 0.6) is 0 Å². The quantitative estimate of drug-likeness (QED) is 0.616. The van der Waals surface area contributed by atoms with Gasteiger partial charge in [0.2, 0.25) is 0 Å². The molecule has 0 unspecified atom stereocenters. The van der Waals surface area contributed by atoms with Gasteiger partial charge in [0.05, 0.1) is 10.6 Å². The maximum absolute atomic E-state index is 12.6. The van der Waals surface area contributed by atoms with Crippen LogP contribution in [0.4, 0.5) is 5.13 Å². The van der Waals surface area contributed by atoms with Gasteiger partial charge >= 0.3 is 0 Å². The highest BCUT2D eigenvalue weighted by Crippen LogP contribution is 2.31. The Morgan fingerprint density at radius 2 is 1.69 bits per heavy atom. The van der Waals surface area contributed by atoms with E-state index < -0.39 is 10.0 Å². The van der Waals surface area contributed by atoms with E-state index in [9.17, 15) is 8.42 Å². The molecule has 1 N–H and O–H groups in total. The predicted molar refractivity (Wildman–Crippen MR) is 109 cm³/mol. The van der Waals surface area contributed by atoms with Gasteiger partial charge in [-0.3, -0.25) is 4.72 Å². The third kappa shape index (κ3) is 4.09. The summed E-state index contributed by atoms with van der Waals surface area (Å²) >= 11 is 7.40. The fourth-order valence-corrected chi connectivity index (χ4v) is 4.62. The van der Waals surface area contributed by atoms with E-state index in [1.54, 1.807) is 23.6 Å². The highest BCUT2D eigenvalue weighted by molar-refractivity contribution is 7.93. The highest BCUT2D eigenvalue weighted by Gasteiger charge is 2.19. The molecule has 0 bridgehead atoms. The van der Waals surface area contributed by atoms with Crippen LogP contribution in [0.2, 0.25) is 5.02 Å². The van der Waals surface area contributed by atoms with Gasteiger partial charge in [-0.05, 0) is 29.2 Å². The Morgan fingerprint density at radius 3 is 2.31 bits per heavy atom. The summed E-state index contributed by atoms with van der Waals surface area (Å²) in [5.41, 5.74) is 2.45. The smallest absolute Gasteiger partial charge is 0.255 e. The molecule has 3 aromatic rings. The van der Waals surface area contributed by atoms with Crippen LogP contribution in [0.25, 0.3) is 11.3 Å². The van der Waals surface area contributed by atoms with E-state index in [0.717, 1.165) is 11.1 Å². The second-order valence-electron chi connectivity index (χ2n) is 6.90. The second kappa shape index (κ2) is 7.02. The Kier molecular flexibility index (Phi) is 5.10. The van der Waals surface area contributed by atoms with E-state index in [1.807, 2.05) is 30.3 Å². The molecule has 2 aromatic carbocycles. The summed E-state index contributed by atoms with van der Waals surface area (Å²) in [5, 5.41) is 2.66. The first kappa shape index (κ1) is 18.9. The number of rotatable bonds is 4. The lowest BCUT2D eigenvalue weighted by atomic mass is 9.87. The first-order valence-electron chi connectivity index (χ1n) is 8.00. The maximum Gasteiger partial charge on any atom is 0.263 e. The Balaban J connectivity index is 1.83. The molecule has 0 atom stereocenters. The average molecular weight is 407 g/mol. The molecule has 26 heavy (non-hydrogen) atoms. The van der Waals surface area contributed by atoms with E-state index in [0.29, 0.717) is 15.8 Å². The molecule has 0 aliphatic rings. The number of anilines is 1. The molecule has 4 nitrogen and oxygen atoms in total. The first-order valence-corrected chi connectivity index (χ1v) is 10.7.